The number of rotatable bonds is 4. The molecule has 158 valence electrons. The average Bonchev–Trinajstić information content (AvgIpc) is 2.69. The second-order valence-electron chi connectivity index (χ2n) is 7.45. The average molecular weight is 509 g/mol. The molecule has 1 aromatic carbocycles. The van der Waals surface area contributed by atoms with Crippen LogP contribution in [0.1, 0.15) is 28.4 Å². The molecular formula is C22H32IN5O. The fraction of sp³-hybridized carbons (Fsp3) is 0.455. The molecule has 2 heterocycles. The summed E-state index contributed by atoms with van der Waals surface area (Å²) in [5, 5.41) is 3.50. The SMILES string of the molecule is CN=C(NCc1cccnc1N(C)C)N1CCOC(c2ccc(C)cc2C)C1.I. The predicted octanol–water partition coefficient (Wildman–Crippen LogP) is 3.53. The van der Waals surface area contributed by atoms with Crippen LogP contribution in [0, 0.1) is 13.8 Å². The summed E-state index contributed by atoms with van der Waals surface area (Å²) in [5.41, 5.74) is 4.96. The molecule has 3 rings (SSSR count). The Bertz CT molecular complexity index is 840. The Morgan fingerprint density at radius 2 is 2.10 bits per heavy atom. The summed E-state index contributed by atoms with van der Waals surface area (Å²) < 4.78 is 6.08. The molecule has 1 aliphatic heterocycles. The summed E-state index contributed by atoms with van der Waals surface area (Å²) in [4.78, 5) is 13.3. The maximum absolute atomic E-state index is 6.08. The number of aromatic nitrogens is 1. The lowest BCUT2D eigenvalue weighted by Crippen LogP contribution is -2.48. The van der Waals surface area contributed by atoms with E-state index in [0.29, 0.717) is 13.2 Å². The number of pyridine rings is 1. The summed E-state index contributed by atoms with van der Waals surface area (Å²) >= 11 is 0. The van der Waals surface area contributed by atoms with Crippen LogP contribution in [0.3, 0.4) is 0 Å². The van der Waals surface area contributed by atoms with Crippen molar-refractivity contribution in [3.8, 4) is 0 Å². The minimum Gasteiger partial charge on any atom is -0.370 e. The van der Waals surface area contributed by atoms with E-state index in [0.717, 1.165) is 30.4 Å². The van der Waals surface area contributed by atoms with E-state index >= 15 is 0 Å². The van der Waals surface area contributed by atoms with Crippen molar-refractivity contribution in [2.75, 3.05) is 45.7 Å². The van der Waals surface area contributed by atoms with Gasteiger partial charge in [0.25, 0.3) is 0 Å². The molecule has 0 aliphatic carbocycles. The first-order valence-electron chi connectivity index (χ1n) is 9.75. The number of morpholine rings is 1. The van der Waals surface area contributed by atoms with Gasteiger partial charge in [-0.15, -0.1) is 24.0 Å². The van der Waals surface area contributed by atoms with Gasteiger partial charge in [0.15, 0.2) is 5.96 Å². The fourth-order valence-electron chi connectivity index (χ4n) is 3.69. The molecule has 0 amide bonds. The lowest BCUT2D eigenvalue weighted by Gasteiger charge is -2.36. The topological polar surface area (TPSA) is 53.0 Å². The number of nitrogens with one attached hydrogen (secondary N) is 1. The highest BCUT2D eigenvalue weighted by molar-refractivity contribution is 14.0. The molecule has 0 bridgehead atoms. The molecule has 1 aromatic heterocycles. The number of halogens is 1. The molecule has 0 spiro atoms. The molecule has 29 heavy (non-hydrogen) atoms. The van der Waals surface area contributed by atoms with Gasteiger partial charge in [-0.25, -0.2) is 4.98 Å². The van der Waals surface area contributed by atoms with Gasteiger partial charge in [-0.2, -0.15) is 0 Å². The predicted molar refractivity (Wildman–Crippen MR) is 130 cm³/mol. The quantitative estimate of drug-likeness (QED) is 0.389. The van der Waals surface area contributed by atoms with E-state index in [1.54, 1.807) is 0 Å². The Balaban J connectivity index is 0.00000300. The highest BCUT2D eigenvalue weighted by atomic mass is 127. The van der Waals surface area contributed by atoms with E-state index in [9.17, 15) is 0 Å². The van der Waals surface area contributed by atoms with Gasteiger partial charge in [-0.3, -0.25) is 4.99 Å². The number of anilines is 1. The van der Waals surface area contributed by atoms with E-state index in [1.165, 1.54) is 16.7 Å². The van der Waals surface area contributed by atoms with E-state index < -0.39 is 0 Å². The van der Waals surface area contributed by atoms with Crippen LogP contribution < -0.4 is 10.2 Å². The molecule has 1 atom stereocenters. The molecule has 1 unspecified atom stereocenters. The molecule has 0 radical (unpaired) electrons. The van der Waals surface area contributed by atoms with Crippen LogP contribution in [-0.2, 0) is 11.3 Å². The number of aliphatic imine (C=N–C) groups is 1. The zero-order valence-corrected chi connectivity index (χ0v) is 20.3. The molecule has 1 aliphatic rings. The van der Waals surface area contributed by atoms with Crippen molar-refractivity contribution in [2.24, 2.45) is 4.99 Å². The van der Waals surface area contributed by atoms with Crippen molar-refractivity contribution in [1.82, 2.24) is 15.2 Å². The minimum absolute atomic E-state index is 0. The molecule has 7 heteroatoms. The molecule has 0 saturated carbocycles. The number of nitrogens with zero attached hydrogens (tertiary/aromatic N) is 4. The van der Waals surface area contributed by atoms with Crippen molar-refractivity contribution < 1.29 is 4.74 Å². The Labute approximate surface area is 191 Å². The van der Waals surface area contributed by atoms with Crippen molar-refractivity contribution in [1.29, 1.82) is 0 Å². The smallest absolute Gasteiger partial charge is 0.194 e. The van der Waals surface area contributed by atoms with Gasteiger partial charge in [-0.1, -0.05) is 29.8 Å². The maximum Gasteiger partial charge on any atom is 0.194 e. The van der Waals surface area contributed by atoms with Gasteiger partial charge in [0, 0.05) is 46.0 Å². The standard InChI is InChI=1S/C22H31N5O.HI/c1-16-8-9-19(17(2)13-16)20-15-27(11-12-28-20)22(23-3)25-14-18-7-6-10-24-21(18)26(4)5;/h6-10,13,20H,11-12,14-15H2,1-5H3,(H,23,25);1H. The van der Waals surface area contributed by atoms with Gasteiger partial charge in [0.2, 0.25) is 0 Å². The third-order valence-corrected chi connectivity index (χ3v) is 5.08. The lowest BCUT2D eigenvalue weighted by molar-refractivity contribution is -0.00834. The third kappa shape index (κ3) is 5.82. The lowest BCUT2D eigenvalue weighted by atomic mass is 10.00. The second-order valence-corrected chi connectivity index (χ2v) is 7.45. The largest absolute Gasteiger partial charge is 0.370 e. The second kappa shape index (κ2) is 10.8. The fourth-order valence-corrected chi connectivity index (χ4v) is 3.69. The van der Waals surface area contributed by atoms with E-state index in [1.807, 2.05) is 38.3 Å². The van der Waals surface area contributed by atoms with Crippen LogP contribution in [0.5, 0.6) is 0 Å². The monoisotopic (exact) mass is 509 g/mol. The summed E-state index contributed by atoms with van der Waals surface area (Å²) in [6, 6.07) is 10.6. The summed E-state index contributed by atoms with van der Waals surface area (Å²) in [6.07, 6.45) is 1.88. The summed E-state index contributed by atoms with van der Waals surface area (Å²) in [6.45, 7) is 7.26. The highest BCUT2D eigenvalue weighted by Gasteiger charge is 2.25. The first-order valence-corrected chi connectivity index (χ1v) is 9.75. The van der Waals surface area contributed by atoms with Gasteiger partial charge in [-0.05, 0) is 31.0 Å². The molecular weight excluding hydrogens is 477 g/mol. The van der Waals surface area contributed by atoms with Crippen LogP contribution in [0.2, 0.25) is 0 Å². The summed E-state index contributed by atoms with van der Waals surface area (Å²) in [5.74, 6) is 1.87. The number of aryl methyl sites for hydroxylation is 2. The zero-order chi connectivity index (χ0) is 20.1. The van der Waals surface area contributed by atoms with Crippen molar-refractivity contribution in [3.05, 3.63) is 58.8 Å². The Kier molecular flexibility index (Phi) is 8.70. The van der Waals surface area contributed by atoms with E-state index in [4.69, 9.17) is 4.74 Å². The van der Waals surface area contributed by atoms with Crippen molar-refractivity contribution in [3.63, 3.8) is 0 Å². The van der Waals surface area contributed by atoms with Crippen LogP contribution in [-0.4, -0.2) is 56.7 Å². The Morgan fingerprint density at radius 3 is 2.79 bits per heavy atom. The van der Waals surface area contributed by atoms with Crippen LogP contribution in [0.4, 0.5) is 5.82 Å². The number of hydrogen-bond donors (Lipinski definition) is 1. The van der Waals surface area contributed by atoms with E-state index in [2.05, 4.69) is 58.3 Å². The van der Waals surface area contributed by atoms with Gasteiger partial charge >= 0.3 is 0 Å². The Morgan fingerprint density at radius 1 is 1.31 bits per heavy atom. The van der Waals surface area contributed by atoms with E-state index in [-0.39, 0.29) is 30.1 Å². The number of ether oxygens (including phenoxy) is 1. The van der Waals surface area contributed by atoms with Crippen molar-refractivity contribution in [2.45, 2.75) is 26.5 Å². The van der Waals surface area contributed by atoms with Crippen LogP contribution >= 0.6 is 24.0 Å². The first-order chi connectivity index (χ1) is 13.5. The number of guanidine groups is 1. The molecule has 1 fully saturated rings. The van der Waals surface area contributed by atoms with Gasteiger partial charge in [0.05, 0.1) is 13.2 Å². The number of benzene rings is 1. The zero-order valence-electron chi connectivity index (χ0n) is 18.0. The minimum atomic E-state index is 0. The first kappa shape index (κ1) is 23.4. The van der Waals surface area contributed by atoms with Gasteiger partial charge in [0.1, 0.15) is 11.9 Å². The third-order valence-electron chi connectivity index (χ3n) is 5.08. The van der Waals surface area contributed by atoms with Crippen LogP contribution in [0.25, 0.3) is 0 Å². The highest BCUT2D eigenvalue weighted by Crippen LogP contribution is 2.26. The molecule has 1 saturated heterocycles. The molecule has 6 nitrogen and oxygen atoms in total. The van der Waals surface area contributed by atoms with Crippen LogP contribution in [0.15, 0.2) is 41.5 Å². The molecule has 2 aromatic rings. The number of hydrogen-bond acceptors (Lipinski definition) is 4. The van der Waals surface area contributed by atoms with Crippen molar-refractivity contribution >= 4 is 35.8 Å². The Hall–Kier alpha value is -1.87. The van der Waals surface area contributed by atoms with Gasteiger partial charge < -0.3 is 19.9 Å². The summed E-state index contributed by atoms with van der Waals surface area (Å²) in [7, 11) is 5.86. The normalized spacial score (nSPS) is 16.9. The maximum atomic E-state index is 6.08. The molecule has 1 N–H and O–H groups in total.